The van der Waals surface area contributed by atoms with E-state index in [1.807, 2.05) is 4.90 Å². The van der Waals surface area contributed by atoms with Gasteiger partial charge in [0.1, 0.15) is 0 Å². The molecule has 5 heteroatoms. The molecule has 2 fully saturated rings. The number of hydrogen-bond donors (Lipinski definition) is 1. The van der Waals surface area contributed by atoms with Gasteiger partial charge >= 0.3 is 0 Å². The van der Waals surface area contributed by atoms with E-state index in [9.17, 15) is 9.59 Å². The molecule has 2 aliphatic rings. The van der Waals surface area contributed by atoms with E-state index < -0.39 is 0 Å². The van der Waals surface area contributed by atoms with Gasteiger partial charge in [-0.05, 0) is 12.8 Å². The van der Waals surface area contributed by atoms with Crippen molar-refractivity contribution >= 4 is 11.8 Å². The van der Waals surface area contributed by atoms with Gasteiger partial charge in [-0.15, -0.1) is 0 Å². The molecule has 0 atom stereocenters. The third-order valence-electron chi connectivity index (χ3n) is 4.17. The largest absolute Gasteiger partial charge is 0.339 e. The molecule has 0 aromatic carbocycles. The topological polar surface area (TPSA) is 52.7 Å². The molecule has 0 bridgehead atoms. The first-order valence-corrected chi connectivity index (χ1v) is 7.42. The Morgan fingerprint density at radius 2 is 1.79 bits per heavy atom. The lowest BCUT2D eigenvalue weighted by molar-refractivity contribution is -0.142. The van der Waals surface area contributed by atoms with Crippen LogP contribution in [0, 0.1) is 5.92 Å². The van der Waals surface area contributed by atoms with Gasteiger partial charge in [0.05, 0.1) is 6.54 Å². The molecule has 0 aromatic heterocycles. The van der Waals surface area contributed by atoms with Crippen molar-refractivity contribution in [2.45, 2.75) is 32.1 Å². The number of likely N-dealkylation sites (N-methyl/N-ethyl adjacent to an activating group) is 1. The summed E-state index contributed by atoms with van der Waals surface area (Å²) in [5, 5.41) is 3.22. The molecule has 0 radical (unpaired) electrons. The van der Waals surface area contributed by atoms with Crippen LogP contribution in [0.5, 0.6) is 0 Å². The molecular weight excluding hydrogens is 242 g/mol. The van der Waals surface area contributed by atoms with Gasteiger partial charge in [-0.1, -0.05) is 19.3 Å². The SMILES string of the molecule is CN(CC(=O)N1CCNCC1)C(=O)C1CCCCC1. The summed E-state index contributed by atoms with van der Waals surface area (Å²) in [6.45, 7) is 3.45. The summed E-state index contributed by atoms with van der Waals surface area (Å²) in [5.74, 6) is 0.380. The minimum Gasteiger partial charge on any atom is -0.339 e. The third kappa shape index (κ3) is 3.93. The molecule has 1 N–H and O–H groups in total. The van der Waals surface area contributed by atoms with Crippen molar-refractivity contribution < 1.29 is 9.59 Å². The molecule has 0 spiro atoms. The van der Waals surface area contributed by atoms with Gasteiger partial charge in [0.15, 0.2) is 0 Å². The lowest BCUT2D eigenvalue weighted by Crippen LogP contribution is -2.50. The molecule has 108 valence electrons. The molecule has 1 aliphatic heterocycles. The summed E-state index contributed by atoms with van der Waals surface area (Å²) >= 11 is 0. The quantitative estimate of drug-likeness (QED) is 0.808. The maximum absolute atomic E-state index is 12.3. The van der Waals surface area contributed by atoms with Crippen molar-refractivity contribution in [3.8, 4) is 0 Å². The Morgan fingerprint density at radius 3 is 2.42 bits per heavy atom. The second kappa shape index (κ2) is 6.89. The zero-order chi connectivity index (χ0) is 13.7. The zero-order valence-corrected chi connectivity index (χ0v) is 11.9. The number of carbonyl (C=O) groups is 2. The number of rotatable bonds is 3. The van der Waals surface area contributed by atoms with Crippen molar-refractivity contribution in [2.24, 2.45) is 5.92 Å². The molecular formula is C14H25N3O2. The van der Waals surface area contributed by atoms with Crippen molar-refractivity contribution in [1.29, 1.82) is 0 Å². The minimum absolute atomic E-state index is 0.0770. The number of nitrogens with zero attached hydrogens (tertiary/aromatic N) is 2. The minimum atomic E-state index is 0.0770. The maximum Gasteiger partial charge on any atom is 0.242 e. The van der Waals surface area contributed by atoms with Gasteiger partial charge in [-0.2, -0.15) is 0 Å². The first-order valence-electron chi connectivity index (χ1n) is 7.42. The number of piperazine rings is 1. The van der Waals surface area contributed by atoms with Gasteiger partial charge < -0.3 is 15.1 Å². The van der Waals surface area contributed by atoms with Crippen molar-refractivity contribution in [1.82, 2.24) is 15.1 Å². The predicted molar refractivity (Wildman–Crippen MR) is 73.7 cm³/mol. The predicted octanol–water partition coefficient (Wildman–Crippen LogP) is 0.457. The van der Waals surface area contributed by atoms with E-state index in [1.165, 1.54) is 6.42 Å². The smallest absolute Gasteiger partial charge is 0.242 e. The molecule has 1 saturated carbocycles. The number of hydrogen-bond acceptors (Lipinski definition) is 3. The molecule has 1 heterocycles. The van der Waals surface area contributed by atoms with Gasteiger partial charge in [0.2, 0.25) is 11.8 Å². The number of carbonyl (C=O) groups excluding carboxylic acids is 2. The van der Waals surface area contributed by atoms with Crippen LogP contribution in [0.25, 0.3) is 0 Å². The monoisotopic (exact) mass is 267 g/mol. The first-order chi connectivity index (χ1) is 9.18. The average molecular weight is 267 g/mol. The summed E-state index contributed by atoms with van der Waals surface area (Å²) < 4.78 is 0. The Balaban J connectivity index is 1.80. The fourth-order valence-corrected chi connectivity index (χ4v) is 2.96. The van der Waals surface area contributed by atoms with Gasteiger partial charge in [-0.25, -0.2) is 0 Å². The van der Waals surface area contributed by atoms with Crippen molar-refractivity contribution in [3.05, 3.63) is 0 Å². The van der Waals surface area contributed by atoms with Crippen molar-refractivity contribution in [3.63, 3.8) is 0 Å². The van der Waals surface area contributed by atoms with Crippen molar-refractivity contribution in [2.75, 3.05) is 39.8 Å². The highest BCUT2D eigenvalue weighted by Gasteiger charge is 2.26. The average Bonchev–Trinajstić information content (AvgIpc) is 2.48. The molecule has 2 rings (SSSR count). The molecule has 2 amide bonds. The first kappa shape index (κ1) is 14.3. The second-order valence-corrected chi connectivity index (χ2v) is 5.66. The Bertz CT molecular complexity index is 321. The highest BCUT2D eigenvalue weighted by Crippen LogP contribution is 2.25. The Hall–Kier alpha value is -1.10. The fourth-order valence-electron chi connectivity index (χ4n) is 2.96. The van der Waals surface area contributed by atoms with Crippen LogP contribution in [0.15, 0.2) is 0 Å². The van der Waals surface area contributed by atoms with E-state index in [0.29, 0.717) is 0 Å². The highest BCUT2D eigenvalue weighted by molar-refractivity contribution is 5.85. The van der Waals surface area contributed by atoms with Crippen LogP contribution in [-0.2, 0) is 9.59 Å². The summed E-state index contributed by atoms with van der Waals surface area (Å²) in [7, 11) is 1.76. The normalized spacial score (nSPS) is 21.2. The van der Waals surface area contributed by atoms with E-state index in [-0.39, 0.29) is 24.3 Å². The second-order valence-electron chi connectivity index (χ2n) is 5.66. The number of nitrogens with one attached hydrogen (secondary N) is 1. The van der Waals surface area contributed by atoms with E-state index >= 15 is 0 Å². The molecule has 5 nitrogen and oxygen atoms in total. The van der Waals surface area contributed by atoms with Crippen LogP contribution < -0.4 is 5.32 Å². The van der Waals surface area contributed by atoms with Crippen LogP contribution >= 0.6 is 0 Å². The van der Waals surface area contributed by atoms with Crippen LogP contribution in [-0.4, -0.2) is 61.4 Å². The zero-order valence-electron chi connectivity index (χ0n) is 11.9. The Labute approximate surface area is 115 Å². The molecule has 1 aliphatic carbocycles. The van der Waals surface area contributed by atoms with E-state index in [0.717, 1.165) is 51.9 Å². The Morgan fingerprint density at radius 1 is 1.16 bits per heavy atom. The third-order valence-corrected chi connectivity index (χ3v) is 4.17. The summed E-state index contributed by atoms with van der Waals surface area (Å²) in [4.78, 5) is 27.8. The van der Waals surface area contributed by atoms with E-state index in [2.05, 4.69) is 5.32 Å². The fraction of sp³-hybridized carbons (Fsp3) is 0.857. The lowest BCUT2D eigenvalue weighted by Gasteiger charge is -2.31. The van der Waals surface area contributed by atoms with E-state index in [1.54, 1.807) is 11.9 Å². The van der Waals surface area contributed by atoms with Gasteiger partial charge in [0.25, 0.3) is 0 Å². The Kier molecular flexibility index (Phi) is 5.19. The molecule has 1 saturated heterocycles. The summed E-state index contributed by atoms with van der Waals surface area (Å²) in [6, 6.07) is 0. The van der Waals surface area contributed by atoms with Crippen LogP contribution in [0.2, 0.25) is 0 Å². The van der Waals surface area contributed by atoms with Gasteiger partial charge in [-0.3, -0.25) is 9.59 Å². The standard InChI is InChI=1S/C14H25N3O2/c1-16(14(19)12-5-3-2-4-6-12)11-13(18)17-9-7-15-8-10-17/h12,15H,2-11H2,1H3. The number of amides is 2. The maximum atomic E-state index is 12.3. The highest BCUT2D eigenvalue weighted by atomic mass is 16.2. The summed E-state index contributed by atoms with van der Waals surface area (Å²) in [6.07, 6.45) is 5.52. The molecule has 0 aromatic rings. The van der Waals surface area contributed by atoms with Gasteiger partial charge in [0, 0.05) is 39.1 Å². The van der Waals surface area contributed by atoms with E-state index in [4.69, 9.17) is 0 Å². The molecule has 0 unspecified atom stereocenters. The van der Waals surface area contributed by atoms with Crippen LogP contribution in [0.4, 0.5) is 0 Å². The lowest BCUT2D eigenvalue weighted by atomic mass is 9.88. The summed E-state index contributed by atoms with van der Waals surface area (Å²) in [5.41, 5.74) is 0. The van der Waals surface area contributed by atoms with Crippen LogP contribution in [0.3, 0.4) is 0 Å². The van der Waals surface area contributed by atoms with Crippen LogP contribution in [0.1, 0.15) is 32.1 Å². The molecule has 19 heavy (non-hydrogen) atoms.